The van der Waals surface area contributed by atoms with Crippen molar-refractivity contribution >= 4 is 41.1 Å². The molecule has 5 saturated heterocycles. The number of hydrogen-bond acceptors (Lipinski definition) is 19. The summed E-state index contributed by atoms with van der Waals surface area (Å²) in [6.07, 6.45) is 25.8. The average molecular weight is 1590 g/mol. The van der Waals surface area contributed by atoms with Crippen LogP contribution in [0.3, 0.4) is 0 Å². The predicted molar refractivity (Wildman–Crippen MR) is 479 cm³/mol. The molecule has 8 aromatic rings. The summed E-state index contributed by atoms with van der Waals surface area (Å²) < 4.78 is 5.33. The van der Waals surface area contributed by atoms with E-state index in [4.69, 9.17) is 21.9 Å². The number of anilines is 4. The number of aromatic nitrogens is 7. The first-order valence-electron chi connectivity index (χ1n) is 43.1. The Hall–Kier alpha value is -9.28. The van der Waals surface area contributed by atoms with Gasteiger partial charge in [-0.1, -0.05) is 177 Å². The molecule has 0 saturated carbocycles. The third kappa shape index (κ3) is 32.3. The van der Waals surface area contributed by atoms with Gasteiger partial charge < -0.3 is 57.5 Å². The van der Waals surface area contributed by atoms with Crippen LogP contribution in [-0.2, 0) is 22.6 Å². The number of Topliss-reactive ketones (excluding diaryl/α,β-unsaturated/α-hetero) is 1. The van der Waals surface area contributed by atoms with Crippen LogP contribution in [0.25, 0.3) is 0 Å². The Morgan fingerprint density at radius 1 is 0.483 bits per heavy atom. The normalized spacial score (nSPS) is 17.0. The third-order valence-corrected chi connectivity index (χ3v) is 22.0. The van der Waals surface area contributed by atoms with Gasteiger partial charge in [-0.05, 0) is 205 Å². The lowest BCUT2D eigenvalue weighted by atomic mass is 9.96. The van der Waals surface area contributed by atoms with E-state index in [1.807, 2.05) is 79.8 Å². The monoisotopic (exact) mass is 1580 g/mol. The molecule has 21 heteroatoms. The second-order valence-electron chi connectivity index (χ2n) is 33.6. The van der Waals surface area contributed by atoms with Crippen LogP contribution < -0.4 is 52.8 Å². The molecule has 0 spiro atoms. The SMILES string of the molecule is CC(=O)c1ccc(C(C)C)cn1.CC(C)c1ccc(N2CCC(C(=O)NCCN)CC2)nc1.CC(C)c1ccc(N2CCC(N)CC2)nc1.CC(C)c1ccc(N2CCCC(N)C2)nc1.CC(C)c1ccc(N2CCCC(NC(=O)OCc3ccccc3)C2)nc1.CC(C)c1cncc(C2CCNC2)c1.CCc1ccc(C(C)C)cn1. The van der Waals surface area contributed by atoms with Crippen molar-refractivity contribution < 1.29 is 19.1 Å². The first-order chi connectivity index (χ1) is 55.7. The summed E-state index contributed by atoms with van der Waals surface area (Å²) in [5.74, 6) is 8.83. The van der Waals surface area contributed by atoms with Gasteiger partial charge in [-0.2, -0.15) is 0 Å². The summed E-state index contributed by atoms with van der Waals surface area (Å²) in [7, 11) is 0. The molecule has 3 unspecified atom stereocenters. The van der Waals surface area contributed by atoms with E-state index in [1.165, 1.54) is 70.0 Å². The number of pyridine rings is 7. The molecular formula is C95H141N17O4. The quantitative estimate of drug-likeness (QED) is 0.0387. The van der Waals surface area contributed by atoms with Crippen LogP contribution in [0.4, 0.5) is 28.1 Å². The fourth-order valence-electron chi connectivity index (χ4n) is 13.9. The number of carbonyl (C=O) groups excluding carboxylic acids is 3. The first kappa shape index (κ1) is 93.9. The number of nitrogens with one attached hydrogen (secondary N) is 3. The fourth-order valence-corrected chi connectivity index (χ4v) is 13.9. The number of amides is 2. The minimum Gasteiger partial charge on any atom is -0.445 e. The highest BCUT2D eigenvalue weighted by atomic mass is 16.5. The topological polar surface area (TPSA) is 278 Å². The van der Waals surface area contributed by atoms with Gasteiger partial charge in [0, 0.05) is 158 Å². The summed E-state index contributed by atoms with van der Waals surface area (Å²) in [4.78, 5) is 74.9. The molecule has 3 atom stereocenters. The molecule has 12 heterocycles. The van der Waals surface area contributed by atoms with Crippen molar-refractivity contribution in [2.24, 2.45) is 23.1 Å². The van der Waals surface area contributed by atoms with Crippen LogP contribution in [0.1, 0.15) is 282 Å². The Labute approximate surface area is 695 Å². The maximum absolute atomic E-state index is 12.1. The maximum Gasteiger partial charge on any atom is 0.407 e. The number of nitrogens with two attached hydrogens (primary N) is 3. The minimum atomic E-state index is -0.358. The summed E-state index contributed by atoms with van der Waals surface area (Å²) in [6, 6.07) is 37.8. The van der Waals surface area contributed by atoms with Crippen LogP contribution in [0.5, 0.6) is 0 Å². The lowest BCUT2D eigenvalue weighted by molar-refractivity contribution is -0.125. The Morgan fingerprint density at radius 2 is 0.940 bits per heavy atom. The molecule has 21 nitrogen and oxygen atoms in total. The van der Waals surface area contributed by atoms with Crippen LogP contribution >= 0.6 is 0 Å². The van der Waals surface area contributed by atoms with E-state index in [1.54, 1.807) is 12.3 Å². The molecule has 0 aliphatic carbocycles. The lowest BCUT2D eigenvalue weighted by Crippen LogP contribution is -2.48. The zero-order valence-electron chi connectivity index (χ0n) is 73.0. The summed E-state index contributed by atoms with van der Waals surface area (Å²) >= 11 is 0. The largest absolute Gasteiger partial charge is 0.445 e. The number of alkyl carbamates (subject to hydrolysis) is 1. The Bertz CT molecular complexity index is 4050. The molecule has 116 heavy (non-hydrogen) atoms. The van der Waals surface area contributed by atoms with Crippen molar-refractivity contribution in [3.8, 4) is 0 Å². The third-order valence-electron chi connectivity index (χ3n) is 22.0. The number of benzene rings is 1. The Morgan fingerprint density at radius 3 is 1.35 bits per heavy atom. The molecule has 0 bridgehead atoms. The van der Waals surface area contributed by atoms with Crippen LogP contribution in [0.15, 0.2) is 159 Å². The Kier molecular flexibility index (Phi) is 40.2. The van der Waals surface area contributed by atoms with Crippen LogP contribution in [0.2, 0.25) is 0 Å². The highest BCUT2D eigenvalue weighted by Crippen LogP contribution is 2.29. The van der Waals surface area contributed by atoms with Crippen molar-refractivity contribution in [1.29, 1.82) is 0 Å². The molecule has 1 aromatic carbocycles. The van der Waals surface area contributed by atoms with Gasteiger partial charge in [0.2, 0.25) is 5.91 Å². The number of piperidine rings is 4. The second-order valence-corrected chi connectivity index (χ2v) is 33.6. The predicted octanol–water partition coefficient (Wildman–Crippen LogP) is 17.3. The summed E-state index contributed by atoms with van der Waals surface area (Å²) in [5, 5.41) is 9.26. The van der Waals surface area contributed by atoms with Crippen molar-refractivity contribution in [2.45, 2.75) is 247 Å². The smallest absolute Gasteiger partial charge is 0.407 e. The molecule has 5 fully saturated rings. The number of hydrogen-bond donors (Lipinski definition) is 6. The van der Waals surface area contributed by atoms with Crippen molar-refractivity contribution in [1.82, 2.24) is 50.8 Å². The number of nitrogens with zero attached hydrogens (tertiary/aromatic N) is 11. The fraction of sp³-hybridized carbons (Fsp3) is 0.537. The molecule has 5 aliphatic heterocycles. The number of carbonyl (C=O) groups is 3. The van der Waals surface area contributed by atoms with Crippen LogP contribution in [0, 0.1) is 5.92 Å². The van der Waals surface area contributed by atoms with Crippen LogP contribution in [-0.4, -0.2) is 149 Å². The first-order valence-corrected chi connectivity index (χ1v) is 43.1. The van der Waals surface area contributed by atoms with Crippen molar-refractivity contribution in [3.63, 3.8) is 0 Å². The van der Waals surface area contributed by atoms with E-state index in [0.717, 1.165) is 146 Å². The van der Waals surface area contributed by atoms with Gasteiger partial charge >= 0.3 is 6.09 Å². The summed E-state index contributed by atoms with van der Waals surface area (Å²) in [6.45, 7) is 45.3. The van der Waals surface area contributed by atoms with Gasteiger partial charge in [0.25, 0.3) is 0 Å². The molecule has 5 aliphatic rings. The molecule has 630 valence electrons. The lowest BCUT2D eigenvalue weighted by Gasteiger charge is -2.33. The molecule has 2 amide bonds. The van der Waals surface area contributed by atoms with Gasteiger partial charge in [0.1, 0.15) is 35.6 Å². The molecule has 9 N–H and O–H groups in total. The molecule has 13 rings (SSSR count). The maximum atomic E-state index is 12.1. The Balaban J connectivity index is 0.000000191. The van der Waals surface area contributed by atoms with E-state index < -0.39 is 0 Å². The highest BCUT2D eigenvalue weighted by Gasteiger charge is 2.27. The zero-order chi connectivity index (χ0) is 84.1. The van der Waals surface area contributed by atoms with E-state index >= 15 is 0 Å². The van der Waals surface area contributed by atoms with Gasteiger partial charge in [-0.3, -0.25) is 24.5 Å². The van der Waals surface area contributed by atoms with Gasteiger partial charge in [0.05, 0.1) is 0 Å². The van der Waals surface area contributed by atoms with Gasteiger partial charge in [-0.25, -0.2) is 24.7 Å². The number of ketones is 1. The highest BCUT2D eigenvalue weighted by molar-refractivity contribution is 5.92. The molecular weight excluding hydrogens is 1440 g/mol. The molecule has 0 radical (unpaired) electrons. The van der Waals surface area contributed by atoms with Gasteiger partial charge in [-0.15, -0.1) is 0 Å². The zero-order valence-corrected chi connectivity index (χ0v) is 73.0. The summed E-state index contributed by atoms with van der Waals surface area (Å²) in [5.41, 5.74) is 30.3. The van der Waals surface area contributed by atoms with E-state index in [-0.39, 0.29) is 29.7 Å². The van der Waals surface area contributed by atoms with Crippen molar-refractivity contribution in [2.75, 3.05) is 98.1 Å². The van der Waals surface area contributed by atoms with E-state index in [2.05, 4.69) is 241 Å². The van der Waals surface area contributed by atoms with Gasteiger partial charge in [0.15, 0.2) is 5.78 Å². The number of aryl methyl sites for hydroxylation is 1. The van der Waals surface area contributed by atoms with E-state index in [9.17, 15) is 14.4 Å². The van der Waals surface area contributed by atoms with Crippen molar-refractivity contribution in [3.05, 3.63) is 220 Å². The number of ether oxygens (including phenoxy) is 1. The second kappa shape index (κ2) is 49.7. The number of rotatable bonds is 20. The minimum absolute atomic E-state index is 0.0188. The molecule has 7 aromatic heterocycles. The standard InChI is InChI=1S/C21H27N3O2.C16H26N4O.2C13H21N3.C12H18N2.C10H13NO.C10H15N/c1-16(2)18-10-11-20(22-13-18)24-12-6-9-19(14-24)23-21(25)26-15-17-7-4-3-5-8-17;1-12(2)14-3-4-15(19-11-14)20-9-5-13(6-10-20)16(21)18-8-7-17;1-10(2)11-3-4-13(15-9-11)16-7-5-12(14)6-8-16;1-10(2)11-5-6-13(15-8-11)16-7-3-4-12(14)9-16;1-9(2)11-5-12(8-14-7-11)10-3-4-13-6-10;1-7(2)9-4-5-10(8(3)12)11-6-9;1-4-10-6-5-9(7-11-10)8(2)3/h3-5,7-8,10-11,13,16,19H,6,9,12,14-15H2,1-2H3,(H,23,25);3-4,11-13H,5-10,17H2,1-2H3,(H,18,21);3-4,9-10,12H,5-8,14H2,1-2H3;5-6,8,10,12H,3-4,7,9,14H2,1-2H3;5,7-10,13H,3-4,6H2,1-2H3;4-7H,1-3H3;5-8H,4H2,1-3H3. The average Bonchev–Trinajstić information content (AvgIpc) is 1.18. The van der Waals surface area contributed by atoms with E-state index in [0.29, 0.717) is 84.8 Å².